The van der Waals surface area contributed by atoms with E-state index in [4.69, 9.17) is 0 Å². The fourth-order valence-corrected chi connectivity index (χ4v) is 14.2. The largest absolute Gasteiger partial charge is 1.00 e. The summed E-state index contributed by atoms with van der Waals surface area (Å²) in [6.07, 6.45) is 7.79. The third-order valence-electron chi connectivity index (χ3n) is 6.52. The van der Waals surface area contributed by atoms with Crippen molar-refractivity contribution < 1.29 is 46.1 Å². The van der Waals surface area contributed by atoms with Crippen LogP contribution >= 0.6 is 0 Å². The zero-order chi connectivity index (χ0) is 21.4. The van der Waals surface area contributed by atoms with E-state index >= 15 is 0 Å². The molecule has 0 bridgehead atoms. The summed E-state index contributed by atoms with van der Waals surface area (Å²) in [5.74, 6) is 1.40. The number of allylic oxidation sites excluding steroid dienone is 4. The molecule has 0 nitrogen and oxygen atoms in total. The first-order chi connectivity index (χ1) is 14.4. The molecule has 0 radical (unpaired) electrons. The Morgan fingerprint density at radius 2 is 1.06 bits per heavy atom. The standard InChI is InChI=1S/2C13H15.C3H6.2ClH.Zr/c2*1-10(2)9-12-8-7-11-5-3-4-6-13(11)12;1-3-2;;;/h2*3-8,10H,9H2,1-2H3;1-2H3;2*1H;/q;;;;;+2/p-2. The molecule has 4 rings (SSSR count). The van der Waals surface area contributed by atoms with Crippen molar-refractivity contribution >= 4 is 14.4 Å². The molecule has 2 aliphatic carbocycles. The third-order valence-corrected chi connectivity index (χ3v) is 15.0. The summed E-state index contributed by atoms with van der Waals surface area (Å²) < 4.78 is 3.06. The number of hydrogen-bond acceptors (Lipinski definition) is 0. The molecule has 0 spiro atoms. The molecule has 2 aromatic carbocycles. The van der Waals surface area contributed by atoms with Crippen LogP contribution in [0.1, 0.15) is 83.9 Å². The van der Waals surface area contributed by atoms with E-state index in [1.807, 2.05) is 0 Å². The summed E-state index contributed by atoms with van der Waals surface area (Å²) >= 11 is -2.04. The summed E-state index contributed by atoms with van der Waals surface area (Å²) in [5.41, 5.74) is 9.51. The number of fused-ring (bicyclic) bond motifs is 2. The van der Waals surface area contributed by atoms with Gasteiger partial charge in [0, 0.05) is 0 Å². The quantitative estimate of drug-likeness (QED) is 0.521. The molecule has 0 amide bonds. The van der Waals surface area contributed by atoms with Crippen LogP contribution in [0.15, 0.2) is 60.7 Å². The molecular formula is C29H36Cl2Zr. The molecule has 2 atom stereocenters. The monoisotopic (exact) mass is 544 g/mol. The van der Waals surface area contributed by atoms with Crippen molar-refractivity contribution in [3.8, 4) is 0 Å². The van der Waals surface area contributed by atoms with Gasteiger partial charge in [-0.1, -0.05) is 0 Å². The summed E-state index contributed by atoms with van der Waals surface area (Å²) in [7, 11) is 0. The number of halogens is 2. The normalized spacial score (nSPS) is 18.1. The second-order valence-electron chi connectivity index (χ2n) is 10.2. The zero-order valence-corrected chi connectivity index (χ0v) is 24.2. The smallest absolute Gasteiger partial charge is 1.00 e. The summed E-state index contributed by atoms with van der Waals surface area (Å²) in [6, 6.07) is 18.6. The molecule has 170 valence electrons. The molecule has 0 N–H and O–H groups in total. The van der Waals surface area contributed by atoms with Crippen molar-refractivity contribution in [2.75, 3.05) is 0 Å². The summed E-state index contributed by atoms with van der Waals surface area (Å²) in [5, 5.41) is 0. The zero-order valence-electron chi connectivity index (χ0n) is 20.3. The first-order valence-electron chi connectivity index (χ1n) is 11.6. The van der Waals surface area contributed by atoms with Crippen LogP contribution in [0.2, 0.25) is 0 Å². The number of rotatable bonds is 6. The van der Waals surface area contributed by atoms with E-state index in [2.05, 4.69) is 102 Å². The molecule has 2 aliphatic rings. The first kappa shape index (κ1) is 27.5. The van der Waals surface area contributed by atoms with E-state index in [1.165, 1.54) is 24.0 Å². The minimum Gasteiger partial charge on any atom is -1.00 e. The molecule has 0 fully saturated rings. The molecule has 2 aromatic rings. The first-order valence-corrected chi connectivity index (χ1v) is 15.7. The predicted octanol–water partition coefficient (Wildman–Crippen LogP) is 2.19. The van der Waals surface area contributed by atoms with Gasteiger partial charge in [-0.3, -0.25) is 0 Å². The van der Waals surface area contributed by atoms with Crippen molar-refractivity contribution in [1.29, 1.82) is 0 Å². The molecule has 0 aliphatic heterocycles. The fourth-order valence-electron chi connectivity index (χ4n) is 5.45. The van der Waals surface area contributed by atoms with Gasteiger partial charge < -0.3 is 24.8 Å². The summed E-state index contributed by atoms with van der Waals surface area (Å²) in [6.45, 7) is 14.3. The van der Waals surface area contributed by atoms with Gasteiger partial charge >= 0.3 is 192 Å². The van der Waals surface area contributed by atoms with Gasteiger partial charge in [0.1, 0.15) is 0 Å². The van der Waals surface area contributed by atoms with E-state index in [1.54, 1.807) is 25.5 Å². The van der Waals surface area contributed by atoms with E-state index in [9.17, 15) is 0 Å². The SMILES string of the molecule is C[C](C)=[Zr+2]([CH]1C=C(CC(C)C)c2ccccc21)[CH]1C=C(CC(C)C)c2ccccc21.[Cl-].[Cl-]. The molecule has 0 heterocycles. The number of hydrogen-bond donors (Lipinski definition) is 0. The Morgan fingerprint density at radius 3 is 1.41 bits per heavy atom. The van der Waals surface area contributed by atoms with Gasteiger partial charge in [0.15, 0.2) is 0 Å². The number of benzene rings is 2. The third kappa shape index (κ3) is 5.48. The average Bonchev–Trinajstić information content (AvgIpc) is 3.21. The van der Waals surface area contributed by atoms with E-state index in [0.717, 1.165) is 0 Å². The van der Waals surface area contributed by atoms with E-state index < -0.39 is 21.3 Å². The van der Waals surface area contributed by atoms with Crippen LogP contribution in [-0.4, -0.2) is 3.21 Å². The van der Waals surface area contributed by atoms with E-state index in [0.29, 0.717) is 19.1 Å². The van der Waals surface area contributed by atoms with Crippen LogP contribution in [-0.2, 0) is 21.3 Å². The van der Waals surface area contributed by atoms with Crippen molar-refractivity contribution in [2.24, 2.45) is 11.8 Å². The molecular weight excluding hydrogens is 510 g/mol. The van der Waals surface area contributed by atoms with Crippen molar-refractivity contribution in [3.63, 3.8) is 0 Å². The maximum atomic E-state index is 2.70. The van der Waals surface area contributed by atoms with Crippen LogP contribution in [0.5, 0.6) is 0 Å². The fraction of sp³-hybridized carbons (Fsp3) is 0.414. The molecule has 0 aromatic heterocycles. The van der Waals surface area contributed by atoms with Gasteiger partial charge in [0.2, 0.25) is 0 Å². The molecule has 2 unspecified atom stereocenters. The van der Waals surface area contributed by atoms with Gasteiger partial charge in [0.25, 0.3) is 0 Å². The second kappa shape index (κ2) is 11.6. The molecule has 0 saturated carbocycles. The Kier molecular flexibility index (Phi) is 9.96. The van der Waals surface area contributed by atoms with Gasteiger partial charge in [-0.15, -0.1) is 0 Å². The Morgan fingerprint density at radius 1 is 0.688 bits per heavy atom. The predicted molar refractivity (Wildman–Crippen MR) is 130 cm³/mol. The van der Waals surface area contributed by atoms with Crippen LogP contribution in [0.25, 0.3) is 11.1 Å². The molecule has 0 saturated heterocycles. The Hall–Kier alpha value is -0.747. The second-order valence-corrected chi connectivity index (χ2v) is 17.9. The van der Waals surface area contributed by atoms with Crippen LogP contribution < -0.4 is 24.8 Å². The molecule has 3 heteroatoms. The van der Waals surface area contributed by atoms with Gasteiger partial charge in [-0.25, -0.2) is 0 Å². The Bertz CT molecular complexity index is 961. The van der Waals surface area contributed by atoms with Gasteiger partial charge in [0.05, 0.1) is 0 Å². The van der Waals surface area contributed by atoms with Crippen LogP contribution in [0.3, 0.4) is 0 Å². The van der Waals surface area contributed by atoms with Gasteiger partial charge in [-0.2, -0.15) is 0 Å². The maximum Gasteiger partial charge on any atom is -1.00 e. The minimum atomic E-state index is -2.04. The van der Waals surface area contributed by atoms with Crippen molar-refractivity contribution in [3.05, 3.63) is 82.9 Å². The minimum absolute atomic E-state index is 0. The summed E-state index contributed by atoms with van der Waals surface area (Å²) in [4.78, 5) is 0. The van der Waals surface area contributed by atoms with Crippen LogP contribution in [0.4, 0.5) is 0 Å². The van der Waals surface area contributed by atoms with Crippen molar-refractivity contribution in [1.82, 2.24) is 0 Å². The molecule has 32 heavy (non-hydrogen) atoms. The Balaban J connectivity index is 0.00000181. The van der Waals surface area contributed by atoms with Crippen LogP contribution in [0, 0.1) is 11.8 Å². The maximum absolute atomic E-state index is 2.70. The van der Waals surface area contributed by atoms with Gasteiger partial charge in [-0.05, 0) is 0 Å². The van der Waals surface area contributed by atoms with E-state index in [-0.39, 0.29) is 24.8 Å². The average molecular weight is 547 g/mol. The topological polar surface area (TPSA) is 0 Å². The Labute approximate surface area is 215 Å². The van der Waals surface area contributed by atoms with Crippen molar-refractivity contribution in [2.45, 2.75) is 61.6 Å².